The normalized spacial score (nSPS) is 58.0. The third-order valence-corrected chi connectivity index (χ3v) is 27.3. The Hall–Kier alpha value is -2.84. The second-order valence-electron chi connectivity index (χ2n) is 29.4. The molecule has 0 saturated heterocycles. The minimum absolute atomic E-state index is 0.103. The number of carboxylic acids is 3. The molecule has 0 aromatic carbocycles. The van der Waals surface area contributed by atoms with Crippen molar-refractivity contribution in [2.24, 2.45) is 101 Å². The van der Waals surface area contributed by atoms with Crippen LogP contribution in [0.2, 0.25) is 0 Å². The Morgan fingerprint density at radius 3 is 1.33 bits per heavy atom. The van der Waals surface area contributed by atoms with Crippen molar-refractivity contribution in [1.29, 1.82) is 0 Å². The van der Waals surface area contributed by atoms with Crippen molar-refractivity contribution in [2.45, 2.75) is 221 Å². The summed E-state index contributed by atoms with van der Waals surface area (Å²) < 4.78 is 6.67. The zero-order chi connectivity index (χ0) is 53.8. The second kappa shape index (κ2) is 15.9. The van der Waals surface area contributed by atoms with Crippen LogP contribution in [-0.4, -0.2) is 100 Å². The lowest BCUT2D eigenvalue weighted by Crippen LogP contribution is -2.71. The number of aliphatic hydroxyl groups excluding tert-OH is 3. The Morgan fingerprint density at radius 2 is 0.918 bits per heavy atom. The van der Waals surface area contributed by atoms with Crippen LogP contribution in [0.3, 0.4) is 0 Å². The fourth-order valence-electron chi connectivity index (χ4n) is 22.2. The molecular formula is C60H90O13. The molecule has 24 atom stereocenters. The largest absolute Gasteiger partial charge is 0.481 e. The number of carboxylic acid groups (broad SMARTS) is 3. The van der Waals surface area contributed by atoms with E-state index in [1.165, 1.54) is 0 Å². The molecule has 408 valence electrons. The predicted molar refractivity (Wildman–Crippen MR) is 271 cm³/mol. The lowest BCUT2D eigenvalue weighted by atomic mass is 9.32. The first-order valence-corrected chi connectivity index (χ1v) is 28.4. The van der Waals surface area contributed by atoms with Crippen molar-refractivity contribution >= 4 is 23.9 Å². The molecule has 8 fully saturated rings. The average Bonchev–Trinajstić information content (AvgIpc) is 3.29. The number of rotatable bonds is 5. The molecule has 0 aromatic heterocycles. The zero-order valence-electron chi connectivity index (χ0n) is 46.0. The summed E-state index contributed by atoms with van der Waals surface area (Å²) in [4.78, 5) is 56.1. The van der Waals surface area contributed by atoms with Crippen molar-refractivity contribution in [2.75, 3.05) is 0 Å². The first-order valence-electron chi connectivity index (χ1n) is 28.4. The van der Waals surface area contributed by atoms with Crippen LogP contribution < -0.4 is 0 Å². The lowest BCUT2D eigenvalue weighted by Gasteiger charge is -2.72. The number of hydrogen-bond acceptors (Lipinski definition) is 10. The van der Waals surface area contributed by atoms with Gasteiger partial charge in [0, 0.05) is 11.8 Å². The highest BCUT2D eigenvalue weighted by molar-refractivity contribution is 5.80. The maximum Gasteiger partial charge on any atom is 0.315 e. The van der Waals surface area contributed by atoms with E-state index in [1.807, 2.05) is 27.7 Å². The van der Waals surface area contributed by atoms with Gasteiger partial charge < -0.3 is 45.6 Å². The monoisotopic (exact) mass is 1020 g/mol. The van der Waals surface area contributed by atoms with Crippen LogP contribution in [-0.2, 0) is 23.9 Å². The van der Waals surface area contributed by atoms with E-state index in [2.05, 4.69) is 53.7 Å². The van der Waals surface area contributed by atoms with E-state index in [4.69, 9.17) is 4.74 Å². The average molecular weight is 1020 g/mol. The van der Waals surface area contributed by atoms with Crippen molar-refractivity contribution in [3.8, 4) is 0 Å². The number of carbonyl (C=O) groups is 4. The Morgan fingerprint density at radius 1 is 0.507 bits per heavy atom. The molecule has 0 spiro atoms. The number of aliphatic hydroxyl groups is 5. The lowest BCUT2D eigenvalue weighted by molar-refractivity contribution is -0.264. The van der Waals surface area contributed by atoms with E-state index >= 15 is 4.79 Å². The topological polar surface area (TPSA) is 239 Å². The summed E-state index contributed by atoms with van der Waals surface area (Å²) in [7, 11) is 0. The number of allylic oxidation sites excluding steroid dienone is 2. The molecule has 0 unspecified atom stereocenters. The van der Waals surface area contributed by atoms with Crippen molar-refractivity contribution in [3.63, 3.8) is 0 Å². The van der Waals surface area contributed by atoms with Gasteiger partial charge in [-0.05, 0) is 198 Å². The maximum atomic E-state index is 15.6. The van der Waals surface area contributed by atoms with Crippen LogP contribution in [0, 0.1) is 101 Å². The SMILES string of the molecule is C[C@@H]1CC[C@]2(C(=O)O)CC[C@]3(C)C(=CC[C@@H]4[C@@]5(C)C[C@@H](OC(=O)[C@@]6(C)[C@@H]7CC[C@]8(C)[C@H](CC=C9[C@H]%10[C@](C(=O)O)(CC[C@@H](C)[C@@]%10(C)O)CC[C@]98C)[C@@]7(C)C[C@@H](O)[C@@H]6O)[C@@H](O)[C@](C)(C(=O)O)[C@@H]5CC[C@]43C)[C@@H]2[C@]1(C)O. The first kappa shape index (κ1) is 53.6. The van der Waals surface area contributed by atoms with Crippen LogP contribution in [0.5, 0.6) is 0 Å². The summed E-state index contributed by atoms with van der Waals surface area (Å²) in [6, 6.07) is 0. The van der Waals surface area contributed by atoms with Crippen molar-refractivity contribution in [3.05, 3.63) is 23.3 Å². The number of ether oxygens (including phenoxy) is 1. The van der Waals surface area contributed by atoms with E-state index in [-0.39, 0.29) is 36.5 Å². The fraction of sp³-hybridized carbons (Fsp3) is 0.867. The van der Waals surface area contributed by atoms with Gasteiger partial charge in [-0.3, -0.25) is 19.2 Å². The molecular weight excluding hydrogens is 929 g/mol. The molecule has 10 rings (SSSR count). The molecule has 0 radical (unpaired) electrons. The van der Waals surface area contributed by atoms with Gasteiger partial charge in [0.05, 0.1) is 45.1 Å². The van der Waals surface area contributed by atoms with Gasteiger partial charge in [-0.15, -0.1) is 0 Å². The van der Waals surface area contributed by atoms with Gasteiger partial charge in [0.25, 0.3) is 0 Å². The fourth-order valence-corrected chi connectivity index (χ4v) is 22.2. The van der Waals surface area contributed by atoms with Crippen molar-refractivity contribution < 1.29 is 64.8 Å². The van der Waals surface area contributed by atoms with E-state index < -0.39 is 137 Å². The molecule has 13 nitrogen and oxygen atoms in total. The van der Waals surface area contributed by atoms with E-state index in [0.29, 0.717) is 89.9 Å². The highest BCUT2D eigenvalue weighted by Crippen LogP contribution is 2.79. The first-order chi connectivity index (χ1) is 33.5. The predicted octanol–water partition coefficient (Wildman–Crippen LogP) is 8.96. The van der Waals surface area contributed by atoms with Gasteiger partial charge >= 0.3 is 23.9 Å². The number of fused-ring (bicyclic) bond motifs is 14. The highest BCUT2D eigenvalue weighted by atomic mass is 16.6. The molecule has 0 aliphatic heterocycles. The van der Waals surface area contributed by atoms with Crippen LogP contribution in [0.4, 0.5) is 0 Å². The Kier molecular flexibility index (Phi) is 11.7. The number of aliphatic carboxylic acids is 3. The molecule has 0 aromatic rings. The maximum absolute atomic E-state index is 15.6. The van der Waals surface area contributed by atoms with Gasteiger partial charge in [0.15, 0.2) is 0 Å². The summed E-state index contributed by atoms with van der Waals surface area (Å²) in [6.07, 6.45) is 6.63. The van der Waals surface area contributed by atoms with E-state index in [9.17, 15) is 55.2 Å². The van der Waals surface area contributed by atoms with E-state index in [0.717, 1.165) is 11.1 Å². The summed E-state index contributed by atoms with van der Waals surface area (Å²) in [5.41, 5.74) is -9.55. The molecule has 8 N–H and O–H groups in total. The summed E-state index contributed by atoms with van der Waals surface area (Å²) >= 11 is 0. The van der Waals surface area contributed by atoms with Gasteiger partial charge in [0.2, 0.25) is 0 Å². The molecule has 8 saturated carbocycles. The zero-order valence-corrected chi connectivity index (χ0v) is 46.0. The van der Waals surface area contributed by atoms with Gasteiger partial charge in [-0.2, -0.15) is 0 Å². The Labute approximate surface area is 433 Å². The van der Waals surface area contributed by atoms with Gasteiger partial charge in [-0.25, -0.2) is 0 Å². The molecule has 10 aliphatic rings. The third kappa shape index (κ3) is 6.15. The standard InChI is InChI=1S/C60H90O13/c1-31-17-23-59(46(66)67)27-25-51(5)33(41(59)57(31,11)71)13-15-37-49(3)29-35(61)43(62)56(10,40(49)20-22-53(37,51)7)48(70)73-36-30-50(4)38-16-14-34-42-58(12,72)32(2)18-24-60(42,47(68)69)28-26-52(34,6)54(38,8)21-19-39(50)55(9,44(36)63)45(64)65/h13-14,31-32,35-44,61-63,71-72H,15-30H2,1-12H3,(H,64,65)(H,66,67)(H,68,69)/t31-,32-,35-,36-,37-,38-,39-,40-,41-,42-,43+,44-,49-,50-,51-,52-,53-,54-,55-,56+,57-,58-,59+,60+/m1/s1. The van der Waals surface area contributed by atoms with Crippen LogP contribution in [0.25, 0.3) is 0 Å². The van der Waals surface area contributed by atoms with Gasteiger partial charge in [0.1, 0.15) is 12.2 Å². The van der Waals surface area contributed by atoms with Crippen LogP contribution in [0.1, 0.15) is 186 Å². The minimum atomic E-state index is -1.73. The molecule has 10 aliphatic carbocycles. The van der Waals surface area contributed by atoms with Gasteiger partial charge in [-0.1, -0.05) is 78.7 Å². The summed E-state index contributed by atoms with van der Waals surface area (Å²) in [5.74, 6) is -6.33. The molecule has 0 heterocycles. The third-order valence-electron chi connectivity index (χ3n) is 27.3. The van der Waals surface area contributed by atoms with Crippen LogP contribution >= 0.6 is 0 Å². The van der Waals surface area contributed by atoms with E-state index in [1.54, 1.807) is 13.8 Å². The van der Waals surface area contributed by atoms with Crippen LogP contribution in [0.15, 0.2) is 23.3 Å². The molecule has 0 amide bonds. The van der Waals surface area contributed by atoms with Crippen molar-refractivity contribution in [1.82, 2.24) is 0 Å². The second-order valence-corrected chi connectivity index (χ2v) is 29.4. The highest BCUT2D eigenvalue weighted by Gasteiger charge is 2.77. The summed E-state index contributed by atoms with van der Waals surface area (Å²) in [5, 5.41) is 94.8. The molecule has 13 heteroatoms. The minimum Gasteiger partial charge on any atom is -0.481 e. The summed E-state index contributed by atoms with van der Waals surface area (Å²) in [6.45, 7) is 24.2. The Bertz CT molecular complexity index is 2440. The number of esters is 1. The molecule has 73 heavy (non-hydrogen) atoms. The quantitative estimate of drug-likeness (QED) is 0.0949. The number of carbonyl (C=O) groups excluding carboxylic acids is 1. The smallest absolute Gasteiger partial charge is 0.315 e. The Balaban J connectivity index is 0.997. The number of hydrogen-bond donors (Lipinski definition) is 8. The molecule has 0 bridgehead atoms.